The van der Waals surface area contributed by atoms with Gasteiger partial charge in [-0.3, -0.25) is 13.9 Å². The Labute approximate surface area is 163 Å². The summed E-state index contributed by atoms with van der Waals surface area (Å²) in [6.45, 7) is 3.37. The van der Waals surface area contributed by atoms with Gasteiger partial charge in [0.05, 0.1) is 18.5 Å². The Bertz CT molecular complexity index is 986. The molecule has 0 unspecified atom stereocenters. The van der Waals surface area contributed by atoms with Crippen LogP contribution in [-0.2, 0) is 24.9 Å². The average molecular weight is 390 g/mol. The van der Waals surface area contributed by atoms with E-state index in [4.69, 9.17) is 4.74 Å². The fourth-order valence-corrected chi connectivity index (χ4v) is 4.49. The Morgan fingerprint density at radius 2 is 1.93 bits per heavy atom. The molecule has 0 amide bonds. The molecule has 0 bridgehead atoms. The van der Waals surface area contributed by atoms with Crippen LogP contribution in [0.25, 0.3) is 11.2 Å². The van der Waals surface area contributed by atoms with E-state index in [9.17, 15) is 14.7 Å². The van der Waals surface area contributed by atoms with Crippen molar-refractivity contribution in [3.8, 4) is 0 Å². The molecular weight excluding hydrogens is 360 g/mol. The van der Waals surface area contributed by atoms with Crippen molar-refractivity contribution in [2.75, 3.05) is 13.7 Å². The van der Waals surface area contributed by atoms with Crippen LogP contribution in [0.1, 0.15) is 45.4 Å². The van der Waals surface area contributed by atoms with E-state index in [1.807, 2.05) is 11.5 Å². The maximum absolute atomic E-state index is 13.3. The lowest BCUT2D eigenvalue weighted by atomic mass is 9.69. The first-order valence-corrected chi connectivity index (χ1v) is 10.1. The van der Waals surface area contributed by atoms with Crippen molar-refractivity contribution < 1.29 is 9.84 Å². The van der Waals surface area contributed by atoms with E-state index < -0.39 is 5.60 Å². The normalized spacial score (nSPS) is 28.1. The molecule has 8 heteroatoms. The number of rotatable bonds is 6. The van der Waals surface area contributed by atoms with Crippen molar-refractivity contribution in [2.45, 2.75) is 64.1 Å². The van der Waals surface area contributed by atoms with E-state index in [1.165, 1.54) is 22.0 Å². The molecule has 2 fully saturated rings. The lowest BCUT2D eigenvalue weighted by molar-refractivity contribution is -0.0513. The fourth-order valence-electron chi connectivity index (χ4n) is 4.49. The number of aryl methyl sites for hydroxylation is 1. The van der Waals surface area contributed by atoms with Gasteiger partial charge in [-0.25, -0.2) is 9.78 Å². The molecule has 0 aromatic carbocycles. The van der Waals surface area contributed by atoms with Gasteiger partial charge in [-0.2, -0.15) is 0 Å². The molecule has 2 saturated carbocycles. The second kappa shape index (κ2) is 6.84. The number of hydrogen-bond donors (Lipinski definition) is 1. The van der Waals surface area contributed by atoms with Gasteiger partial charge in [-0.1, -0.05) is 0 Å². The van der Waals surface area contributed by atoms with Crippen LogP contribution < -0.4 is 11.2 Å². The lowest BCUT2D eigenvalue weighted by Crippen LogP contribution is -2.48. The molecule has 28 heavy (non-hydrogen) atoms. The molecule has 0 atom stereocenters. The van der Waals surface area contributed by atoms with Gasteiger partial charge in [-0.15, -0.1) is 0 Å². The summed E-state index contributed by atoms with van der Waals surface area (Å²) in [6.07, 6.45) is 6.72. The van der Waals surface area contributed by atoms with E-state index in [0.717, 1.165) is 6.54 Å². The van der Waals surface area contributed by atoms with Gasteiger partial charge < -0.3 is 14.4 Å². The Morgan fingerprint density at radius 3 is 2.54 bits per heavy atom. The van der Waals surface area contributed by atoms with E-state index in [-0.39, 0.29) is 16.7 Å². The minimum absolute atomic E-state index is 0.274. The van der Waals surface area contributed by atoms with Gasteiger partial charge in [0.2, 0.25) is 0 Å². The lowest BCUT2D eigenvalue weighted by Gasteiger charge is -2.42. The van der Waals surface area contributed by atoms with Gasteiger partial charge in [0.25, 0.3) is 5.56 Å². The van der Waals surface area contributed by atoms with Crippen molar-refractivity contribution >= 4 is 11.2 Å². The summed E-state index contributed by atoms with van der Waals surface area (Å²) in [7, 11) is 3.31. The zero-order valence-electron chi connectivity index (χ0n) is 17.0. The molecule has 4 rings (SSSR count). The molecule has 2 aromatic heterocycles. The van der Waals surface area contributed by atoms with Crippen LogP contribution in [0.2, 0.25) is 0 Å². The molecule has 154 valence electrons. The Balaban J connectivity index is 1.76. The topological polar surface area (TPSA) is 91.3 Å². The van der Waals surface area contributed by atoms with Crippen LogP contribution in [0, 0.1) is 11.3 Å². The largest absolute Gasteiger partial charge is 0.390 e. The number of fused-ring (bicyclic) bond motifs is 1. The molecule has 0 aliphatic heterocycles. The maximum atomic E-state index is 13.3. The number of aliphatic hydroxyl groups is 1. The molecular formula is C20H30N4O4. The summed E-state index contributed by atoms with van der Waals surface area (Å²) in [5.74, 6) is 0.600. The van der Waals surface area contributed by atoms with Gasteiger partial charge in [0.15, 0.2) is 11.2 Å². The molecule has 2 aliphatic rings. The molecule has 0 saturated heterocycles. The molecule has 1 N–H and O–H groups in total. The van der Waals surface area contributed by atoms with E-state index in [1.54, 1.807) is 20.5 Å². The Kier molecular flexibility index (Phi) is 4.74. The highest BCUT2D eigenvalue weighted by Crippen LogP contribution is 2.42. The van der Waals surface area contributed by atoms with Crippen LogP contribution in [0.4, 0.5) is 0 Å². The third-order valence-electron chi connectivity index (χ3n) is 6.59. The predicted octanol–water partition coefficient (Wildman–Crippen LogP) is 1.26. The van der Waals surface area contributed by atoms with Gasteiger partial charge in [0, 0.05) is 32.7 Å². The SMILES string of the molecule is COCC1(Cn2c(=O)c3c(ncn3CC3CC3)n(C)c2=O)CCC(C)(O)CC1. The average Bonchev–Trinajstić information content (AvgIpc) is 3.37. The summed E-state index contributed by atoms with van der Waals surface area (Å²) in [6, 6.07) is 0. The summed E-state index contributed by atoms with van der Waals surface area (Å²) >= 11 is 0. The first kappa shape index (κ1) is 19.4. The predicted molar refractivity (Wildman–Crippen MR) is 105 cm³/mol. The third kappa shape index (κ3) is 3.43. The summed E-state index contributed by atoms with van der Waals surface area (Å²) in [5.41, 5.74) is -0.697. The Morgan fingerprint density at radius 1 is 1.25 bits per heavy atom. The van der Waals surface area contributed by atoms with E-state index >= 15 is 0 Å². The summed E-state index contributed by atoms with van der Waals surface area (Å²) < 4.78 is 10.2. The molecule has 8 nitrogen and oxygen atoms in total. The van der Waals surface area contributed by atoms with E-state index in [2.05, 4.69) is 4.98 Å². The van der Waals surface area contributed by atoms with Crippen molar-refractivity contribution in [1.29, 1.82) is 0 Å². The molecule has 0 radical (unpaired) electrons. The Hall–Kier alpha value is -1.93. The molecule has 2 aliphatic carbocycles. The highest BCUT2D eigenvalue weighted by atomic mass is 16.5. The summed E-state index contributed by atoms with van der Waals surface area (Å²) in [5, 5.41) is 10.3. The summed E-state index contributed by atoms with van der Waals surface area (Å²) in [4.78, 5) is 30.6. The maximum Gasteiger partial charge on any atom is 0.332 e. The monoisotopic (exact) mass is 390 g/mol. The molecule has 2 heterocycles. The van der Waals surface area contributed by atoms with E-state index in [0.29, 0.717) is 55.9 Å². The zero-order valence-corrected chi connectivity index (χ0v) is 17.0. The number of methoxy groups -OCH3 is 1. The van der Waals surface area contributed by atoms with Crippen molar-refractivity contribution in [3.63, 3.8) is 0 Å². The van der Waals surface area contributed by atoms with Crippen LogP contribution in [0.3, 0.4) is 0 Å². The number of hydrogen-bond acceptors (Lipinski definition) is 5. The van der Waals surface area contributed by atoms with Crippen LogP contribution in [0.15, 0.2) is 15.9 Å². The van der Waals surface area contributed by atoms with Crippen molar-refractivity contribution in [1.82, 2.24) is 18.7 Å². The van der Waals surface area contributed by atoms with Gasteiger partial charge in [-0.05, 0) is 51.4 Å². The van der Waals surface area contributed by atoms with Crippen molar-refractivity contribution in [2.24, 2.45) is 18.4 Å². The second-order valence-corrected chi connectivity index (χ2v) is 9.18. The number of imidazole rings is 1. The first-order valence-electron chi connectivity index (χ1n) is 10.1. The fraction of sp³-hybridized carbons (Fsp3) is 0.750. The minimum Gasteiger partial charge on any atom is -0.390 e. The van der Waals surface area contributed by atoms with Crippen LogP contribution in [0.5, 0.6) is 0 Å². The quantitative estimate of drug-likeness (QED) is 0.802. The number of aromatic nitrogens is 4. The highest BCUT2D eigenvalue weighted by molar-refractivity contribution is 5.70. The first-order chi connectivity index (χ1) is 13.3. The van der Waals surface area contributed by atoms with Crippen molar-refractivity contribution in [3.05, 3.63) is 27.2 Å². The second-order valence-electron chi connectivity index (χ2n) is 9.18. The number of nitrogens with zero attached hydrogens (tertiary/aromatic N) is 4. The highest BCUT2D eigenvalue weighted by Gasteiger charge is 2.40. The third-order valence-corrected chi connectivity index (χ3v) is 6.59. The number of ether oxygens (including phenoxy) is 1. The minimum atomic E-state index is -0.694. The van der Waals surface area contributed by atoms with Gasteiger partial charge >= 0.3 is 5.69 Å². The van der Waals surface area contributed by atoms with Gasteiger partial charge in [0.1, 0.15) is 0 Å². The van der Waals surface area contributed by atoms with Crippen LogP contribution >= 0.6 is 0 Å². The molecule has 2 aromatic rings. The molecule has 0 spiro atoms. The smallest absolute Gasteiger partial charge is 0.332 e. The zero-order chi connectivity index (χ0) is 20.1. The van der Waals surface area contributed by atoms with Crippen LogP contribution in [-0.4, -0.2) is 43.1 Å². The standard InChI is InChI=1S/C20H30N4O4/c1-19(27)6-8-20(9-7-19,12-28-3)11-24-17(25)15-16(22(2)18(24)26)21-13-23(15)10-14-4-5-14/h13-14,27H,4-12H2,1-3H3.